The lowest BCUT2D eigenvalue weighted by Gasteiger charge is -2.35. The van der Waals surface area contributed by atoms with Crippen molar-refractivity contribution >= 4 is 39.1 Å². The van der Waals surface area contributed by atoms with Gasteiger partial charge in [0.1, 0.15) is 16.4 Å². The third-order valence-corrected chi connectivity index (χ3v) is 9.23. The largest absolute Gasteiger partial charge is 0.495 e. The van der Waals surface area contributed by atoms with Crippen molar-refractivity contribution in [1.29, 1.82) is 0 Å². The minimum Gasteiger partial charge on any atom is -0.495 e. The lowest BCUT2D eigenvalue weighted by Crippen LogP contribution is -2.53. The monoisotopic (exact) mass is 633 g/mol. The van der Waals surface area contributed by atoms with Crippen LogP contribution < -0.4 is 19.7 Å². The summed E-state index contributed by atoms with van der Waals surface area (Å²) in [5, 5.41) is 3.10. The van der Waals surface area contributed by atoms with E-state index in [9.17, 15) is 18.0 Å². The molecule has 0 aromatic heterocycles. The lowest BCUT2D eigenvalue weighted by molar-refractivity contribution is -0.128. The summed E-state index contributed by atoms with van der Waals surface area (Å²) in [4.78, 5) is 28.4. The molecule has 4 aromatic rings. The topological polar surface area (TPSA) is 105 Å². The molecule has 0 spiro atoms. The highest BCUT2D eigenvalue weighted by Gasteiger charge is 2.37. The summed E-state index contributed by atoms with van der Waals surface area (Å²) >= 11 is 6.18. The fourth-order valence-electron chi connectivity index (χ4n) is 4.94. The Hall–Kier alpha value is -4.38. The van der Waals surface area contributed by atoms with Gasteiger partial charge in [-0.1, -0.05) is 84.4 Å². The van der Waals surface area contributed by atoms with Gasteiger partial charge in [-0.05, 0) is 47.9 Å². The van der Waals surface area contributed by atoms with Crippen molar-refractivity contribution in [3.05, 3.63) is 119 Å². The number of nitrogens with one attached hydrogen (secondary N) is 1. The molecule has 0 aliphatic carbocycles. The molecule has 1 heterocycles. The van der Waals surface area contributed by atoms with E-state index < -0.39 is 28.6 Å². The first kappa shape index (κ1) is 31.1. The molecule has 0 unspecified atom stereocenters. The summed E-state index contributed by atoms with van der Waals surface area (Å²) < 4.78 is 40.5. The van der Waals surface area contributed by atoms with Gasteiger partial charge in [0, 0.05) is 18.1 Å². The van der Waals surface area contributed by atoms with Gasteiger partial charge in [-0.25, -0.2) is 8.42 Å². The number of methoxy groups -OCH3 is 1. The van der Waals surface area contributed by atoms with Crippen molar-refractivity contribution in [1.82, 2.24) is 9.62 Å². The first-order chi connectivity index (χ1) is 21.3. The molecule has 9 nitrogen and oxygen atoms in total. The van der Waals surface area contributed by atoms with Crippen LogP contribution in [-0.2, 0) is 32.6 Å². The average Bonchev–Trinajstić information content (AvgIpc) is 3.04. The number of halogens is 1. The fraction of sp³-hybridized carbons (Fsp3) is 0.212. The van der Waals surface area contributed by atoms with E-state index in [2.05, 4.69) is 5.32 Å². The van der Waals surface area contributed by atoms with Gasteiger partial charge in [0.25, 0.3) is 5.91 Å². The number of sulfonamides is 1. The predicted molar refractivity (Wildman–Crippen MR) is 168 cm³/mol. The van der Waals surface area contributed by atoms with E-state index in [4.69, 9.17) is 21.1 Å². The maximum absolute atomic E-state index is 14.1. The van der Waals surface area contributed by atoms with Gasteiger partial charge in [0.2, 0.25) is 15.9 Å². The maximum atomic E-state index is 14.1. The Morgan fingerprint density at radius 3 is 2.32 bits per heavy atom. The third-order valence-electron chi connectivity index (χ3n) is 7.18. The van der Waals surface area contributed by atoms with Crippen LogP contribution in [0.5, 0.6) is 11.5 Å². The van der Waals surface area contributed by atoms with Crippen LogP contribution in [0.1, 0.15) is 11.1 Å². The van der Waals surface area contributed by atoms with Gasteiger partial charge < -0.3 is 19.7 Å². The molecule has 4 aromatic carbocycles. The summed E-state index contributed by atoms with van der Waals surface area (Å²) in [5.74, 6) is -0.442. The SMILES string of the molecule is COc1ccc(Cl)cc1S(=O)(=O)N(CC(=O)N1C[C@H](C(=O)NCCc2ccccc2)Oc2ccccc21)Cc1ccccc1. The Bertz CT molecular complexity index is 1720. The number of carbonyl (C=O) groups is 2. The molecule has 0 fully saturated rings. The predicted octanol–water partition coefficient (Wildman–Crippen LogP) is 4.69. The fourth-order valence-corrected chi connectivity index (χ4v) is 6.73. The molecule has 0 bridgehead atoms. The van der Waals surface area contributed by atoms with Gasteiger partial charge in [-0.2, -0.15) is 4.31 Å². The third kappa shape index (κ3) is 7.21. The number of anilines is 1. The number of para-hydroxylation sites is 2. The van der Waals surface area contributed by atoms with Gasteiger partial charge >= 0.3 is 0 Å². The second-order valence-electron chi connectivity index (χ2n) is 10.2. The Balaban J connectivity index is 1.40. The molecule has 2 amide bonds. The minimum absolute atomic E-state index is 0.0834. The van der Waals surface area contributed by atoms with E-state index in [0.29, 0.717) is 30.0 Å². The summed E-state index contributed by atoms with van der Waals surface area (Å²) in [6, 6.07) is 29.9. The van der Waals surface area contributed by atoms with E-state index in [-0.39, 0.29) is 34.7 Å². The Labute approximate surface area is 262 Å². The summed E-state index contributed by atoms with van der Waals surface area (Å²) in [7, 11) is -2.91. The zero-order valence-electron chi connectivity index (χ0n) is 24.1. The van der Waals surface area contributed by atoms with Crippen LogP contribution in [0.25, 0.3) is 0 Å². The Morgan fingerprint density at radius 2 is 1.61 bits per heavy atom. The van der Waals surface area contributed by atoms with Gasteiger partial charge in [0.15, 0.2) is 6.10 Å². The van der Waals surface area contributed by atoms with Crippen LogP contribution in [-0.4, -0.2) is 57.4 Å². The molecule has 1 atom stereocenters. The maximum Gasteiger partial charge on any atom is 0.262 e. The van der Waals surface area contributed by atoms with Crippen LogP contribution in [0.15, 0.2) is 108 Å². The Morgan fingerprint density at radius 1 is 0.955 bits per heavy atom. The van der Waals surface area contributed by atoms with Gasteiger partial charge in [-0.15, -0.1) is 0 Å². The van der Waals surface area contributed by atoms with Crippen molar-refractivity contribution < 1.29 is 27.5 Å². The molecular weight excluding hydrogens is 602 g/mol. The first-order valence-electron chi connectivity index (χ1n) is 14.0. The van der Waals surface area contributed by atoms with Crippen LogP contribution in [0.4, 0.5) is 5.69 Å². The highest BCUT2D eigenvalue weighted by molar-refractivity contribution is 7.89. The second kappa shape index (κ2) is 13.9. The van der Waals surface area contributed by atoms with Crippen molar-refractivity contribution in [2.24, 2.45) is 0 Å². The first-order valence-corrected chi connectivity index (χ1v) is 15.8. The summed E-state index contributed by atoms with van der Waals surface area (Å²) in [6.45, 7) is -0.293. The van der Waals surface area contributed by atoms with Crippen molar-refractivity contribution in [3.63, 3.8) is 0 Å². The van der Waals surface area contributed by atoms with Crippen LogP contribution in [0.2, 0.25) is 5.02 Å². The number of hydrogen-bond donors (Lipinski definition) is 1. The van der Waals surface area contributed by atoms with Gasteiger partial charge in [-0.3, -0.25) is 9.59 Å². The highest BCUT2D eigenvalue weighted by atomic mass is 35.5. The summed E-state index contributed by atoms with van der Waals surface area (Å²) in [5.41, 5.74) is 2.21. The van der Waals surface area contributed by atoms with E-state index in [1.807, 2.05) is 36.4 Å². The number of benzene rings is 4. The standard InChI is InChI=1S/C33H32ClN3O6S/c1-42-29-17-16-26(34)20-31(29)44(40,41)36(21-25-12-6-3-7-13-25)23-32(38)37-22-30(43-28-15-9-8-14-27(28)37)33(39)35-19-18-24-10-4-2-5-11-24/h2-17,20,30H,18-19,21-23H2,1H3,(H,35,39)/t30-/m1/s1. The van der Waals surface area contributed by atoms with Crippen LogP contribution in [0.3, 0.4) is 0 Å². The number of amides is 2. The van der Waals surface area contributed by atoms with E-state index in [1.54, 1.807) is 48.5 Å². The molecule has 1 aliphatic heterocycles. The van der Waals surface area contributed by atoms with E-state index in [1.165, 1.54) is 30.2 Å². The number of nitrogens with zero attached hydrogens (tertiary/aromatic N) is 2. The number of carbonyl (C=O) groups excluding carboxylic acids is 2. The number of fused-ring (bicyclic) bond motifs is 1. The van der Waals surface area contributed by atoms with Crippen molar-refractivity contribution in [3.8, 4) is 11.5 Å². The molecule has 0 radical (unpaired) electrons. The molecule has 44 heavy (non-hydrogen) atoms. The molecule has 0 saturated carbocycles. The molecule has 5 rings (SSSR count). The van der Waals surface area contributed by atoms with Crippen molar-refractivity contribution in [2.75, 3.05) is 31.6 Å². The molecule has 1 N–H and O–H groups in total. The molecular formula is C33H32ClN3O6S. The minimum atomic E-state index is -4.28. The highest BCUT2D eigenvalue weighted by Crippen LogP contribution is 2.34. The lowest BCUT2D eigenvalue weighted by atomic mass is 10.1. The Kier molecular flexibility index (Phi) is 9.84. The van der Waals surface area contributed by atoms with Crippen LogP contribution >= 0.6 is 11.6 Å². The average molecular weight is 634 g/mol. The number of ether oxygens (including phenoxy) is 2. The number of hydrogen-bond acceptors (Lipinski definition) is 6. The van der Waals surface area contributed by atoms with Crippen molar-refractivity contribution in [2.45, 2.75) is 24.0 Å². The van der Waals surface area contributed by atoms with E-state index in [0.717, 1.165) is 9.87 Å². The van der Waals surface area contributed by atoms with Gasteiger partial charge in [0.05, 0.1) is 25.9 Å². The zero-order chi connectivity index (χ0) is 31.1. The zero-order valence-corrected chi connectivity index (χ0v) is 25.6. The van der Waals surface area contributed by atoms with E-state index >= 15 is 0 Å². The molecule has 0 saturated heterocycles. The number of rotatable bonds is 11. The smallest absolute Gasteiger partial charge is 0.262 e. The van der Waals surface area contributed by atoms with Crippen LogP contribution in [0, 0.1) is 0 Å². The molecule has 11 heteroatoms. The molecule has 1 aliphatic rings. The molecule has 228 valence electrons. The second-order valence-corrected chi connectivity index (χ2v) is 12.5. The quantitative estimate of drug-likeness (QED) is 0.257. The summed E-state index contributed by atoms with van der Waals surface area (Å²) in [6.07, 6.45) is -0.352. The normalized spacial score (nSPS) is 14.4.